The molecule has 1 aromatic carbocycles. The Morgan fingerprint density at radius 1 is 1.29 bits per heavy atom. The maximum absolute atomic E-state index is 12.5. The maximum Gasteiger partial charge on any atom is 0.308 e. The summed E-state index contributed by atoms with van der Waals surface area (Å²) in [7, 11) is 0. The Hall–Kier alpha value is -2.04. The fourth-order valence-electron chi connectivity index (χ4n) is 3.45. The molecule has 1 amide bonds. The predicted octanol–water partition coefficient (Wildman–Crippen LogP) is 1.37. The summed E-state index contributed by atoms with van der Waals surface area (Å²) in [5, 5.41) is 9.15. The number of nitrogens with zero attached hydrogens (tertiary/aromatic N) is 2. The van der Waals surface area contributed by atoms with Crippen LogP contribution in [0.1, 0.15) is 18.9 Å². The van der Waals surface area contributed by atoms with Crippen LogP contribution in [0.5, 0.6) is 0 Å². The van der Waals surface area contributed by atoms with Crippen LogP contribution >= 0.6 is 0 Å². The van der Waals surface area contributed by atoms with Crippen LogP contribution < -0.4 is 4.90 Å². The van der Waals surface area contributed by atoms with Crippen molar-refractivity contribution in [3.8, 4) is 0 Å². The van der Waals surface area contributed by atoms with E-state index in [0.29, 0.717) is 19.5 Å². The van der Waals surface area contributed by atoms with Gasteiger partial charge in [-0.1, -0.05) is 18.2 Å². The topological polar surface area (TPSA) is 60.9 Å². The SMILES string of the molecule is CC1C(C(=O)O)CCN1C(=O)CN1CCc2ccccc21. The zero-order valence-electron chi connectivity index (χ0n) is 12.2. The number of carboxylic acids is 1. The summed E-state index contributed by atoms with van der Waals surface area (Å²) in [6.45, 7) is 3.58. The van der Waals surface area contributed by atoms with E-state index in [-0.39, 0.29) is 11.9 Å². The van der Waals surface area contributed by atoms with Crippen molar-refractivity contribution < 1.29 is 14.7 Å². The first-order valence-corrected chi connectivity index (χ1v) is 7.43. The number of likely N-dealkylation sites (tertiary alicyclic amines) is 1. The lowest BCUT2D eigenvalue weighted by molar-refractivity contribution is -0.142. The molecule has 21 heavy (non-hydrogen) atoms. The first kappa shape index (κ1) is 13.9. The van der Waals surface area contributed by atoms with Crippen LogP contribution in [0.2, 0.25) is 0 Å². The van der Waals surface area contributed by atoms with Gasteiger partial charge in [0, 0.05) is 24.8 Å². The number of aliphatic carboxylic acids is 1. The van der Waals surface area contributed by atoms with Gasteiger partial charge in [-0.25, -0.2) is 0 Å². The molecule has 0 aromatic heterocycles. The molecule has 112 valence electrons. The first-order chi connectivity index (χ1) is 10.1. The minimum Gasteiger partial charge on any atom is -0.481 e. The number of carbonyl (C=O) groups excluding carboxylic acids is 1. The van der Waals surface area contributed by atoms with Crippen molar-refractivity contribution in [3.63, 3.8) is 0 Å². The van der Waals surface area contributed by atoms with Crippen molar-refractivity contribution in [1.82, 2.24) is 4.90 Å². The Morgan fingerprint density at radius 2 is 2.05 bits per heavy atom. The molecule has 2 aliphatic heterocycles. The number of benzene rings is 1. The largest absolute Gasteiger partial charge is 0.481 e. The third-order valence-electron chi connectivity index (χ3n) is 4.70. The fourth-order valence-corrected chi connectivity index (χ4v) is 3.45. The van der Waals surface area contributed by atoms with Crippen molar-refractivity contribution in [2.24, 2.45) is 5.92 Å². The third kappa shape index (κ3) is 2.48. The van der Waals surface area contributed by atoms with E-state index in [1.165, 1.54) is 5.56 Å². The highest BCUT2D eigenvalue weighted by Crippen LogP contribution is 2.29. The molecule has 2 atom stereocenters. The van der Waals surface area contributed by atoms with E-state index >= 15 is 0 Å². The smallest absolute Gasteiger partial charge is 0.308 e. The maximum atomic E-state index is 12.5. The Bertz CT molecular complexity index is 572. The first-order valence-electron chi connectivity index (χ1n) is 7.43. The number of carbonyl (C=O) groups is 2. The normalized spacial score (nSPS) is 24.2. The molecule has 5 heteroatoms. The summed E-state index contributed by atoms with van der Waals surface area (Å²) >= 11 is 0. The summed E-state index contributed by atoms with van der Waals surface area (Å²) in [5.74, 6) is -1.20. The summed E-state index contributed by atoms with van der Waals surface area (Å²) in [5.41, 5.74) is 2.41. The van der Waals surface area contributed by atoms with Crippen molar-refractivity contribution >= 4 is 17.6 Å². The zero-order chi connectivity index (χ0) is 15.0. The Morgan fingerprint density at radius 3 is 2.76 bits per heavy atom. The average Bonchev–Trinajstić information content (AvgIpc) is 3.03. The van der Waals surface area contributed by atoms with Crippen molar-refractivity contribution in [1.29, 1.82) is 0 Å². The Labute approximate surface area is 124 Å². The zero-order valence-corrected chi connectivity index (χ0v) is 12.2. The van der Waals surface area contributed by atoms with Crippen molar-refractivity contribution in [3.05, 3.63) is 29.8 Å². The van der Waals surface area contributed by atoms with E-state index in [4.69, 9.17) is 5.11 Å². The van der Waals surface area contributed by atoms with Crippen LogP contribution in [-0.4, -0.2) is 47.6 Å². The van der Waals surface area contributed by atoms with Gasteiger partial charge in [0.05, 0.1) is 12.5 Å². The van der Waals surface area contributed by atoms with E-state index in [9.17, 15) is 9.59 Å². The van der Waals surface area contributed by atoms with Gasteiger partial charge in [0.15, 0.2) is 0 Å². The van der Waals surface area contributed by atoms with Gasteiger partial charge in [0.2, 0.25) is 5.91 Å². The third-order valence-corrected chi connectivity index (χ3v) is 4.70. The molecule has 1 N–H and O–H groups in total. The minimum atomic E-state index is -0.802. The summed E-state index contributed by atoms with van der Waals surface area (Å²) in [6.07, 6.45) is 1.52. The molecular formula is C16H20N2O3. The molecule has 1 saturated heterocycles. The molecule has 0 radical (unpaired) electrons. The number of hydrogen-bond donors (Lipinski definition) is 1. The number of hydrogen-bond acceptors (Lipinski definition) is 3. The quantitative estimate of drug-likeness (QED) is 0.912. The van der Waals surface area contributed by atoms with E-state index in [0.717, 1.165) is 18.7 Å². The molecule has 0 bridgehead atoms. The molecule has 0 aliphatic carbocycles. The van der Waals surface area contributed by atoms with Crippen molar-refractivity contribution in [2.45, 2.75) is 25.8 Å². The van der Waals surface area contributed by atoms with Crippen LogP contribution in [0.25, 0.3) is 0 Å². The Kier molecular flexibility index (Phi) is 3.57. The number of amides is 1. The highest BCUT2D eigenvalue weighted by molar-refractivity contribution is 5.84. The van der Waals surface area contributed by atoms with Gasteiger partial charge in [-0.15, -0.1) is 0 Å². The van der Waals surface area contributed by atoms with E-state index in [2.05, 4.69) is 11.0 Å². The van der Waals surface area contributed by atoms with Gasteiger partial charge in [-0.05, 0) is 31.4 Å². The molecule has 2 unspecified atom stereocenters. The van der Waals surface area contributed by atoms with Crippen LogP contribution in [0.15, 0.2) is 24.3 Å². The molecule has 3 rings (SSSR count). The van der Waals surface area contributed by atoms with Gasteiger partial charge in [-0.2, -0.15) is 0 Å². The van der Waals surface area contributed by atoms with Crippen LogP contribution in [0, 0.1) is 5.92 Å². The molecule has 2 aliphatic rings. The highest BCUT2D eigenvalue weighted by Gasteiger charge is 2.38. The van der Waals surface area contributed by atoms with E-state index in [1.54, 1.807) is 4.90 Å². The summed E-state index contributed by atoms with van der Waals surface area (Å²) in [6, 6.07) is 7.93. The number of para-hydroxylation sites is 1. The Balaban J connectivity index is 1.67. The molecule has 2 heterocycles. The second-order valence-corrected chi connectivity index (χ2v) is 5.86. The van der Waals surface area contributed by atoms with Gasteiger partial charge in [0.1, 0.15) is 0 Å². The number of fused-ring (bicyclic) bond motifs is 1. The van der Waals surface area contributed by atoms with Crippen molar-refractivity contribution in [2.75, 3.05) is 24.5 Å². The second kappa shape index (κ2) is 5.39. The van der Waals surface area contributed by atoms with E-state index in [1.807, 2.05) is 25.1 Å². The molecule has 1 aromatic rings. The molecule has 0 spiro atoms. The second-order valence-electron chi connectivity index (χ2n) is 5.86. The predicted molar refractivity (Wildman–Crippen MR) is 79.3 cm³/mol. The lowest BCUT2D eigenvalue weighted by atomic mass is 10.0. The highest BCUT2D eigenvalue weighted by atomic mass is 16.4. The molecule has 5 nitrogen and oxygen atoms in total. The number of anilines is 1. The lowest BCUT2D eigenvalue weighted by Crippen LogP contribution is -2.43. The summed E-state index contributed by atoms with van der Waals surface area (Å²) < 4.78 is 0. The standard InChI is InChI=1S/C16H20N2O3/c1-11-13(16(20)21)7-9-18(11)15(19)10-17-8-6-12-4-2-3-5-14(12)17/h2-5,11,13H,6-10H2,1H3,(H,20,21). The summed E-state index contributed by atoms with van der Waals surface area (Å²) in [4.78, 5) is 27.4. The van der Waals surface area contributed by atoms with E-state index < -0.39 is 11.9 Å². The number of rotatable bonds is 3. The average molecular weight is 288 g/mol. The fraction of sp³-hybridized carbons (Fsp3) is 0.500. The van der Waals surface area contributed by atoms with Crippen LogP contribution in [-0.2, 0) is 16.0 Å². The molecule has 1 fully saturated rings. The number of carboxylic acid groups (broad SMARTS) is 1. The van der Waals surface area contributed by atoms with Gasteiger partial charge >= 0.3 is 5.97 Å². The molecular weight excluding hydrogens is 268 g/mol. The lowest BCUT2D eigenvalue weighted by Gasteiger charge is -2.27. The monoisotopic (exact) mass is 288 g/mol. The van der Waals surface area contributed by atoms with Crippen LogP contribution in [0.3, 0.4) is 0 Å². The van der Waals surface area contributed by atoms with Gasteiger partial charge in [-0.3, -0.25) is 9.59 Å². The van der Waals surface area contributed by atoms with Crippen LogP contribution in [0.4, 0.5) is 5.69 Å². The van der Waals surface area contributed by atoms with Gasteiger partial charge in [0.25, 0.3) is 0 Å². The molecule has 0 saturated carbocycles. The van der Waals surface area contributed by atoms with Gasteiger partial charge < -0.3 is 14.9 Å². The minimum absolute atomic E-state index is 0.0305.